The molecule has 3 aromatic carbocycles. The number of amides is 1. The number of methoxy groups -OCH3 is 1. The molecule has 35 heavy (non-hydrogen) atoms. The van der Waals surface area contributed by atoms with Crippen LogP contribution in [0.1, 0.15) is 27.0 Å². The van der Waals surface area contributed by atoms with E-state index in [2.05, 4.69) is 15.2 Å². The molecule has 0 saturated heterocycles. The zero-order valence-electron chi connectivity index (χ0n) is 19.7. The molecule has 9 heteroatoms. The fraction of sp³-hybridized carbons (Fsp3) is 0.154. The van der Waals surface area contributed by atoms with Gasteiger partial charge in [0, 0.05) is 11.1 Å². The molecule has 0 unspecified atom stereocenters. The van der Waals surface area contributed by atoms with E-state index in [0.717, 1.165) is 16.7 Å². The Bertz CT molecular complexity index is 1570. The van der Waals surface area contributed by atoms with Crippen molar-refractivity contribution in [3.63, 3.8) is 0 Å². The Kier molecular flexibility index (Phi) is 6.61. The highest BCUT2D eigenvalue weighted by molar-refractivity contribution is 7.89. The number of fused-ring (bicyclic) bond motifs is 1. The molecular formula is C26H25N3O5S. The summed E-state index contributed by atoms with van der Waals surface area (Å²) in [6.07, 6.45) is 0. The summed E-state index contributed by atoms with van der Waals surface area (Å²) in [5.74, 6) is -0.0848. The van der Waals surface area contributed by atoms with Crippen LogP contribution in [0.2, 0.25) is 0 Å². The van der Waals surface area contributed by atoms with Crippen LogP contribution in [0.15, 0.2) is 81.1 Å². The fourth-order valence-corrected chi connectivity index (χ4v) is 4.45. The molecule has 0 atom stereocenters. The lowest BCUT2D eigenvalue weighted by atomic mass is 10.1. The number of rotatable bonds is 6. The van der Waals surface area contributed by atoms with E-state index >= 15 is 0 Å². The number of aryl methyl sites for hydroxylation is 3. The van der Waals surface area contributed by atoms with Crippen molar-refractivity contribution in [2.24, 2.45) is 5.10 Å². The second kappa shape index (κ2) is 9.63. The van der Waals surface area contributed by atoms with Crippen LogP contribution in [0, 0.1) is 20.8 Å². The largest absolute Gasteiger partial charge is 0.493 e. The molecular weight excluding hydrogens is 466 g/mol. The van der Waals surface area contributed by atoms with E-state index in [9.17, 15) is 13.2 Å². The van der Waals surface area contributed by atoms with Crippen molar-refractivity contribution in [1.82, 2.24) is 4.83 Å². The molecule has 0 radical (unpaired) electrons. The van der Waals surface area contributed by atoms with Gasteiger partial charge in [0.25, 0.3) is 15.9 Å². The van der Waals surface area contributed by atoms with Crippen LogP contribution >= 0.6 is 0 Å². The van der Waals surface area contributed by atoms with Crippen molar-refractivity contribution in [3.05, 3.63) is 94.5 Å². The molecule has 1 heterocycles. The maximum absolute atomic E-state index is 13.2. The number of carbonyl (C=O) groups is 1. The Morgan fingerprint density at radius 3 is 2.26 bits per heavy atom. The summed E-state index contributed by atoms with van der Waals surface area (Å²) in [6.45, 7) is 5.72. The van der Waals surface area contributed by atoms with E-state index in [-0.39, 0.29) is 16.0 Å². The molecule has 4 aromatic rings. The number of sulfonamides is 1. The van der Waals surface area contributed by atoms with E-state index in [1.807, 2.05) is 39.0 Å². The van der Waals surface area contributed by atoms with Crippen molar-refractivity contribution in [3.8, 4) is 5.75 Å². The lowest BCUT2D eigenvalue weighted by Gasteiger charge is -2.10. The van der Waals surface area contributed by atoms with Gasteiger partial charge in [0.15, 0.2) is 11.3 Å². The standard InChI is InChI=1S/C26H25N3O5S/c1-16-8-10-21(11-9-16)35(31,32)29-28-26-22(15-19-6-5-7-23(33-4)24(19)34-26)25(30)27-20-13-17(2)12-18(3)14-20/h5-15,29H,1-4H3,(H,27,30)/b28-26-. The van der Waals surface area contributed by atoms with Gasteiger partial charge >= 0.3 is 0 Å². The first-order valence-electron chi connectivity index (χ1n) is 10.8. The number of ether oxygens (including phenoxy) is 1. The van der Waals surface area contributed by atoms with Gasteiger partial charge in [-0.3, -0.25) is 4.79 Å². The molecule has 1 aromatic heterocycles. The van der Waals surface area contributed by atoms with Gasteiger partial charge in [-0.05, 0) is 68.3 Å². The number of nitrogens with zero attached hydrogens (tertiary/aromatic N) is 1. The monoisotopic (exact) mass is 491 g/mol. The van der Waals surface area contributed by atoms with Crippen molar-refractivity contribution in [1.29, 1.82) is 0 Å². The summed E-state index contributed by atoms with van der Waals surface area (Å²) in [6, 6.07) is 18.8. The van der Waals surface area contributed by atoms with Gasteiger partial charge < -0.3 is 14.5 Å². The van der Waals surface area contributed by atoms with Crippen LogP contribution in [0.4, 0.5) is 5.69 Å². The van der Waals surface area contributed by atoms with Gasteiger partial charge in [-0.25, -0.2) is 0 Å². The molecule has 0 spiro atoms. The molecule has 180 valence electrons. The molecule has 0 aliphatic carbocycles. The summed E-state index contributed by atoms with van der Waals surface area (Å²) in [7, 11) is -2.51. The summed E-state index contributed by atoms with van der Waals surface area (Å²) in [5.41, 5.74) is 3.67. The number of anilines is 1. The number of benzene rings is 3. The first kappa shape index (κ1) is 24.0. The fourth-order valence-electron chi connectivity index (χ4n) is 3.65. The predicted octanol–water partition coefficient (Wildman–Crippen LogP) is 4.41. The molecule has 1 amide bonds. The molecule has 2 N–H and O–H groups in total. The summed E-state index contributed by atoms with van der Waals surface area (Å²) in [4.78, 5) is 15.5. The number of carbonyl (C=O) groups excluding carboxylic acids is 1. The Morgan fingerprint density at radius 1 is 0.914 bits per heavy atom. The van der Waals surface area contributed by atoms with Gasteiger partial charge in [0.2, 0.25) is 5.55 Å². The molecule has 0 fully saturated rings. The summed E-state index contributed by atoms with van der Waals surface area (Å²) < 4.78 is 36.8. The molecule has 8 nitrogen and oxygen atoms in total. The average Bonchev–Trinajstić information content (AvgIpc) is 2.81. The van der Waals surface area contributed by atoms with Gasteiger partial charge in [-0.1, -0.05) is 35.9 Å². The van der Waals surface area contributed by atoms with Crippen LogP contribution in [-0.4, -0.2) is 21.4 Å². The normalized spacial score (nSPS) is 11.9. The van der Waals surface area contributed by atoms with Gasteiger partial charge in [-0.15, -0.1) is 5.10 Å². The van der Waals surface area contributed by atoms with E-state index < -0.39 is 15.9 Å². The minimum absolute atomic E-state index is 0.0338. The summed E-state index contributed by atoms with van der Waals surface area (Å²) >= 11 is 0. The topological polar surface area (TPSA) is 110 Å². The molecule has 4 rings (SSSR count). The third-order valence-corrected chi connectivity index (χ3v) is 6.51. The molecule has 0 bridgehead atoms. The van der Waals surface area contributed by atoms with Crippen molar-refractivity contribution in [2.75, 3.05) is 12.4 Å². The first-order chi connectivity index (χ1) is 16.7. The van der Waals surface area contributed by atoms with E-state index in [1.54, 1.807) is 36.4 Å². The highest BCUT2D eigenvalue weighted by Crippen LogP contribution is 2.25. The lowest BCUT2D eigenvalue weighted by Crippen LogP contribution is -2.27. The lowest BCUT2D eigenvalue weighted by molar-refractivity contribution is 0.102. The highest BCUT2D eigenvalue weighted by atomic mass is 32.2. The average molecular weight is 492 g/mol. The SMILES string of the molecule is COc1cccc2cc(C(=O)Nc3cc(C)cc(C)c3)/c(=N/NS(=O)(=O)c3ccc(C)cc3)oc12. The molecule has 0 aliphatic heterocycles. The van der Waals surface area contributed by atoms with Crippen LogP contribution in [0.5, 0.6) is 5.75 Å². The minimum Gasteiger partial charge on any atom is -0.493 e. The number of nitrogens with one attached hydrogen (secondary N) is 2. The first-order valence-corrected chi connectivity index (χ1v) is 12.3. The van der Waals surface area contributed by atoms with Crippen molar-refractivity contribution >= 4 is 32.6 Å². The van der Waals surface area contributed by atoms with Crippen LogP contribution in [0.3, 0.4) is 0 Å². The third kappa shape index (κ3) is 5.36. The zero-order valence-corrected chi connectivity index (χ0v) is 20.6. The Hall–Kier alpha value is -4.11. The minimum atomic E-state index is -4.00. The van der Waals surface area contributed by atoms with Gasteiger partial charge in [0.05, 0.1) is 12.0 Å². The van der Waals surface area contributed by atoms with Crippen molar-refractivity contribution < 1.29 is 22.4 Å². The van der Waals surface area contributed by atoms with Gasteiger partial charge in [-0.2, -0.15) is 13.2 Å². The molecule has 0 saturated carbocycles. The Balaban J connectivity index is 1.81. The Labute approximate surface area is 203 Å². The molecule has 0 aliphatic rings. The van der Waals surface area contributed by atoms with E-state index in [0.29, 0.717) is 22.4 Å². The highest BCUT2D eigenvalue weighted by Gasteiger charge is 2.17. The van der Waals surface area contributed by atoms with Crippen molar-refractivity contribution in [2.45, 2.75) is 25.7 Å². The van der Waals surface area contributed by atoms with Gasteiger partial charge in [0.1, 0.15) is 5.56 Å². The maximum atomic E-state index is 13.2. The maximum Gasteiger partial charge on any atom is 0.276 e. The van der Waals surface area contributed by atoms with Crippen LogP contribution < -0.4 is 20.4 Å². The number of para-hydroxylation sites is 1. The van der Waals surface area contributed by atoms with Crippen LogP contribution in [-0.2, 0) is 10.0 Å². The number of hydrogen-bond donors (Lipinski definition) is 2. The smallest absolute Gasteiger partial charge is 0.276 e. The quantitative estimate of drug-likeness (QED) is 0.388. The third-order valence-electron chi connectivity index (χ3n) is 5.28. The van der Waals surface area contributed by atoms with E-state index in [4.69, 9.17) is 9.15 Å². The zero-order chi connectivity index (χ0) is 25.2. The number of hydrogen-bond acceptors (Lipinski definition) is 6. The second-order valence-corrected chi connectivity index (χ2v) is 9.85. The summed E-state index contributed by atoms with van der Waals surface area (Å²) in [5, 5.41) is 7.41. The van der Waals surface area contributed by atoms with Crippen LogP contribution in [0.25, 0.3) is 11.0 Å². The second-order valence-electron chi connectivity index (χ2n) is 8.19. The van der Waals surface area contributed by atoms with E-state index in [1.165, 1.54) is 19.2 Å². The predicted molar refractivity (Wildman–Crippen MR) is 134 cm³/mol. The Morgan fingerprint density at radius 2 is 1.60 bits per heavy atom.